The number of aromatic amines is 1. The Morgan fingerprint density at radius 2 is 1.84 bits per heavy atom. The smallest absolute Gasteiger partial charge is 0.295 e. The number of hydrogen-bond acceptors (Lipinski definition) is 4. The van der Waals surface area contributed by atoms with Crippen molar-refractivity contribution >= 4 is 6.01 Å². The number of imidazole rings is 1. The molecule has 0 saturated heterocycles. The molecule has 0 saturated carbocycles. The third kappa shape index (κ3) is 3.36. The van der Waals surface area contributed by atoms with Crippen molar-refractivity contribution in [3.8, 4) is 11.5 Å². The van der Waals surface area contributed by atoms with Crippen LogP contribution in [0.15, 0.2) is 16.9 Å². The predicted octanol–water partition coefficient (Wildman–Crippen LogP) is 3.57. The van der Waals surface area contributed by atoms with Crippen molar-refractivity contribution in [3.05, 3.63) is 18.2 Å². The van der Waals surface area contributed by atoms with E-state index in [9.17, 15) is 0 Å². The molecule has 2 heterocycles. The lowest BCUT2D eigenvalue weighted by atomic mass is 9.93. The summed E-state index contributed by atoms with van der Waals surface area (Å²) in [7, 11) is 0. The number of rotatable bonds is 2. The molecule has 0 bridgehead atoms. The van der Waals surface area contributed by atoms with Crippen LogP contribution in [0.25, 0.3) is 11.5 Å². The van der Waals surface area contributed by atoms with Gasteiger partial charge in [-0.1, -0.05) is 20.8 Å². The van der Waals surface area contributed by atoms with E-state index in [1.165, 1.54) is 0 Å². The maximum atomic E-state index is 5.41. The highest BCUT2D eigenvalue weighted by molar-refractivity contribution is 5.50. The summed E-state index contributed by atoms with van der Waals surface area (Å²) in [6.45, 7) is 12.6. The quantitative estimate of drug-likeness (QED) is 0.868. The molecule has 0 aliphatic carbocycles. The van der Waals surface area contributed by atoms with Crippen LogP contribution in [0.4, 0.5) is 6.01 Å². The highest BCUT2D eigenvalue weighted by Gasteiger charge is 2.19. The van der Waals surface area contributed by atoms with Crippen molar-refractivity contribution in [2.75, 3.05) is 5.32 Å². The Labute approximate surface area is 113 Å². The van der Waals surface area contributed by atoms with Crippen LogP contribution < -0.4 is 5.32 Å². The summed E-state index contributed by atoms with van der Waals surface area (Å²) in [6.07, 6.45) is 3.46. The normalized spacial score (nSPS) is 12.7. The van der Waals surface area contributed by atoms with Crippen molar-refractivity contribution in [2.24, 2.45) is 0 Å². The molecule has 0 aliphatic rings. The number of nitrogens with zero attached hydrogens (tertiary/aromatic N) is 2. The minimum Gasteiger partial charge on any atom is -0.431 e. The number of anilines is 1. The molecule has 0 spiro atoms. The van der Waals surface area contributed by atoms with Crippen LogP contribution in [-0.4, -0.2) is 20.5 Å². The summed E-state index contributed by atoms with van der Waals surface area (Å²) >= 11 is 0. The van der Waals surface area contributed by atoms with Gasteiger partial charge in [0.15, 0.2) is 5.82 Å². The van der Waals surface area contributed by atoms with Gasteiger partial charge < -0.3 is 14.7 Å². The van der Waals surface area contributed by atoms with Crippen LogP contribution in [0.1, 0.15) is 47.2 Å². The molecule has 0 aromatic carbocycles. The highest BCUT2D eigenvalue weighted by atomic mass is 16.4. The van der Waals surface area contributed by atoms with E-state index in [2.05, 4.69) is 61.8 Å². The highest BCUT2D eigenvalue weighted by Crippen LogP contribution is 2.24. The zero-order valence-electron chi connectivity index (χ0n) is 12.5. The maximum Gasteiger partial charge on any atom is 0.295 e. The van der Waals surface area contributed by atoms with Crippen molar-refractivity contribution in [2.45, 2.75) is 52.5 Å². The molecular formula is C14H22N4O. The monoisotopic (exact) mass is 262 g/mol. The van der Waals surface area contributed by atoms with Crippen LogP contribution in [0.5, 0.6) is 0 Å². The van der Waals surface area contributed by atoms with Crippen LogP contribution >= 0.6 is 0 Å². The Balaban J connectivity index is 2.21. The predicted molar refractivity (Wildman–Crippen MR) is 76.2 cm³/mol. The molecular weight excluding hydrogens is 240 g/mol. The zero-order valence-corrected chi connectivity index (χ0v) is 12.5. The molecule has 2 aromatic heterocycles. The second kappa shape index (κ2) is 4.40. The number of aromatic nitrogens is 3. The van der Waals surface area contributed by atoms with Crippen molar-refractivity contribution in [1.29, 1.82) is 0 Å². The first-order chi connectivity index (χ1) is 8.65. The Morgan fingerprint density at radius 3 is 2.37 bits per heavy atom. The number of nitrogens with one attached hydrogen (secondary N) is 2. The van der Waals surface area contributed by atoms with Crippen molar-refractivity contribution in [1.82, 2.24) is 15.0 Å². The third-order valence-corrected chi connectivity index (χ3v) is 2.61. The molecule has 5 nitrogen and oxygen atoms in total. The maximum absolute atomic E-state index is 5.41. The lowest BCUT2D eigenvalue weighted by Gasteiger charge is -2.18. The number of oxazole rings is 1. The SMILES string of the molecule is CC(C)(C)Nc1nc(-c2ncc(C(C)(C)C)[nH]2)co1. The van der Waals surface area contributed by atoms with Gasteiger partial charge in [0, 0.05) is 22.8 Å². The van der Waals surface area contributed by atoms with Gasteiger partial charge in [-0.25, -0.2) is 4.98 Å². The van der Waals surface area contributed by atoms with Crippen LogP contribution in [0.2, 0.25) is 0 Å². The average molecular weight is 262 g/mol. The number of H-pyrrole nitrogens is 1. The standard InChI is InChI=1S/C14H22N4O/c1-13(2,3)10-7-15-11(17-10)9-8-19-12(16-9)18-14(4,5)6/h7-8H,1-6H3,(H,15,17)(H,16,18). The second-order valence-electron chi connectivity index (χ2n) is 6.81. The van der Waals surface area contributed by atoms with Gasteiger partial charge in [0.05, 0.1) is 0 Å². The first kappa shape index (κ1) is 13.6. The fourth-order valence-electron chi connectivity index (χ4n) is 1.59. The minimum absolute atomic E-state index is 0.0431. The number of hydrogen-bond donors (Lipinski definition) is 2. The van der Waals surface area contributed by atoms with Gasteiger partial charge in [0.25, 0.3) is 6.01 Å². The molecule has 2 N–H and O–H groups in total. The van der Waals surface area contributed by atoms with E-state index in [-0.39, 0.29) is 11.0 Å². The Hall–Kier alpha value is -1.78. The summed E-state index contributed by atoms with van der Waals surface area (Å²) in [5.74, 6) is 0.732. The van der Waals surface area contributed by atoms with Crippen LogP contribution in [0.3, 0.4) is 0 Å². The molecule has 0 unspecified atom stereocenters. The topological polar surface area (TPSA) is 66.7 Å². The van der Waals surface area contributed by atoms with Crippen molar-refractivity contribution in [3.63, 3.8) is 0 Å². The van der Waals surface area contributed by atoms with Crippen molar-refractivity contribution < 1.29 is 4.42 Å². The van der Waals surface area contributed by atoms with Crippen LogP contribution in [-0.2, 0) is 5.41 Å². The largest absolute Gasteiger partial charge is 0.431 e. The van der Waals surface area contributed by atoms with E-state index >= 15 is 0 Å². The molecule has 0 atom stereocenters. The van der Waals surface area contributed by atoms with E-state index in [0.29, 0.717) is 11.7 Å². The lowest BCUT2D eigenvalue weighted by molar-refractivity contribution is 0.531. The van der Waals surface area contributed by atoms with E-state index in [1.807, 2.05) is 6.20 Å². The molecule has 0 radical (unpaired) electrons. The van der Waals surface area contributed by atoms with Crippen LogP contribution in [0, 0.1) is 0 Å². The second-order valence-corrected chi connectivity index (χ2v) is 6.81. The molecule has 19 heavy (non-hydrogen) atoms. The van der Waals surface area contributed by atoms with Gasteiger partial charge in [-0.2, -0.15) is 4.98 Å². The summed E-state index contributed by atoms with van der Waals surface area (Å²) in [5, 5.41) is 3.19. The molecule has 2 aromatic rings. The van der Waals surface area contributed by atoms with E-state index in [0.717, 1.165) is 11.5 Å². The lowest BCUT2D eigenvalue weighted by Crippen LogP contribution is -2.26. The average Bonchev–Trinajstić information content (AvgIpc) is 2.80. The van der Waals surface area contributed by atoms with Gasteiger partial charge in [0.1, 0.15) is 12.0 Å². The van der Waals surface area contributed by atoms with Gasteiger partial charge in [0.2, 0.25) is 0 Å². The minimum atomic E-state index is -0.0815. The molecule has 0 fully saturated rings. The Kier molecular flexibility index (Phi) is 3.16. The molecule has 0 aliphatic heterocycles. The Bertz CT molecular complexity index is 554. The fraction of sp³-hybridized carbons (Fsp3) is 0.571. The third-order valence-electron chi connectivity index (χ3n) is 2.61. The fourth-order valence-corrected chi connectivity index (χ4v) is 1.59. The molecule has 0 amide bonds. The summed E-state index contributed by atoms with van der Waals surface area (Å²) in [4.78, 5) is 12.0. The summed E-state index contributed by atoms with van der Waals surface area (Å²) in [5.41, 5.74) is 1.75. The van der Waals surface area contributed by atoms with Gasteiger partial charge in [-0.15, -0.1) is 0 Å². The van der Waals surface area contributed by atoms with Gasteiger partial charge >= 0.3 is 0 Å². The Morgan fingerprint density at radius 1 is 1.16 bits per heavy atom. The molecule has 104 valence electrons. The first-order valence-corrected chi connectivity index (χ1v) is 6.45. The summed E-state index contributed by atoms with van der Waals surface area (Å²) in [6, 6.07) is 0.510. The van der Waals surface area contributed by atoms with E-state index in [1.54, 1.807) is 6.26 Å². The first-order valence-electron chi connectivity index (χ1n) is 6.45. The molecule has 2 rings (SSSR count). The van der Waals surface area contributed by atoms with E-state index < -0.39 is 0 Å². The van der Waals surface area contributed by atoms with Gasteiger partial charge in [-0.3, -0.25) is 0 Å². The zero-order chi connectivity index (χ0) is 14.3. The molecule has 5 heteroatoms. The summed E-state index contributed by atoms with van der Waals surface area (Å²) < 4.78 is 5.41. The van der Waals surface area contributed by atoms with Gasteiger partial charge in [-0.05, 0) is 20.8 Å². The van der Waals surface area contributed by atoms with E-state index in [4.69, 9.17) is 4.42 Å².